The molecule has 20 heavy (non-hydrogen) atoms. The summed E-state index contributed by atoms with van der Waals surface area (Å²) >= 11 is 5.92. The number of carbonyl (C=O) groups is 1. The van der Waals surface area contributed by atoms with Gasteiger partial charge in [0.05, 0.1) is 5.41 Å². The number of hydrogen-bond acceptors (Lipinski definition) is 2. The average molecular weight is 295 g/mol. The molecule has 110 valence electrons. The fourth-order valence-corrected chi connectivity index (χ4v) is 2.98. The van der Waals surface area contributed by atoms with Crippen LogP contribution < -0.4 is 5.32 Å². The molecule has 3 nitrogen and oxygen atoms in total. The van der Waals surface area contributed by atoms with E-state index in [1.807, 2.05) is 50.1 Å². The monoisotopic (exact) mass is 294 g/mol. The molecule has 0 aromatic heterocycles. The molecular formula is C16H23ClN2O. The smallest absolute Gasteiger partial charge is 0.232 e. The number of carbonyl (C=O) groups excluding carboxylic acids is 1. The number of nitrogens with zero attached hydrogens (tertiary/aromatic N) is 1. The van der Waals surface area contributed by atoms with Crippen LogP contribution in [0.4, 0.5) is 0 Å². The van der Waals surface area contributed by atoms with E-state index in [4.69, 9.17) is 11.6 Å². The maximum atomic E-state index is 12.8. The molecule has 1 unspecified atom stereocenters. The Balaban J connectivity index is 2.09. The highest BCUT2D eigenvalue weighted by Gasteiger charge is 2.36. The Morgan fingerprint density at radius 2 is 2.05 bits per heavy atom. The van der Waals surface area contributed by atoms with Crippen molar-refractivity contribution >= 4 is 17.5 Å². The fraction of sp³-hybridized carbons (Fsp3) is 0.562. The lowest BCUT2D eigenvalue weighted by atomic mass is 9.83. The molecule has 0 aliphatic carbocycles. The average Bonchev–Trinajstić information content (AvgIpc) is 2.87. The van der Waals surface area contributed by atoms with Crippen molar-refractivity contribution in [1.29, 1.82) is 0 Å². The normalized spacial score (nSPS) is 19.4. The Morgan fingerprint density at radius 1 is 1.40 bits per heavy atom. The lowest BCUT2D eigenvalue weighted by Crippen LogP contribution is -2.42. The van der Waals surface area contributed by atoms with Gasteiger partial charge >= 0.3 is 0 Å². The number of hydrogen-bond donors (Lipinski definition) is 1. The first-order chi connectivity index (χ1) is 9.45. The third kappa shape index (κ3) is 3.15. The van der Waals surface area contributed by atoms with Crippen LogP contribution in [-0.2, 0) is 10.2 Å². The van der Waals surface area contributed by atoms with Crippen molar-refractivity contribution in [1.82, 2.24) is 10.2 Å². The van der Waals surface area contributed by atoms with Crippen LogP contribution in [0.15, 0.2) is 24.3 Å². The standard InChI is InChI=1S/C16H23ClN2O/c1-16(2,13-4-6-14(17)7-5-13)15(20)19-9-8-12(11-19)10-18-3/h4-7,12,18H,8-11H2,1-3H3. The van der Waals surface area contributed by atoms with Gasteiger partial charge in [-0.2, -0.15) is 0 Å². The highest BCUT2D eigenvalue weighted by atomic mass is 35.5. The summed E-state index contributed by atoms with van der Waals surface area (Å²) in [6.45, 7) is 6.68. The Labute approximate surface area is 126 Å². The molecular weight excluding hydrogens is 272 g/mol. The second-order valence-electron chi connectivity index (χ2n) is 6.10. The van der Waals surface area contributed by atoms with E-state index < -0.39 is 5.41 Å². The first-order valence-electron chi connectivity index (χ1n) is 7.15. The molecule has 1 aliphatic heterocycles. The van der Waals surface area contributed by atoms with Crippen LogP contribution in [0, 0.1) is 5.92 Å². The summed E-state index contributed by atoms with van der Waals surface area (Å²) < 4.78 is 0. The van der Waals surface area contributed by atoms with Gasteiger partial charge in [-0.3, -0.25) is 4.79 Å². The number of benzene rings is 1. The second-order valence-corrected chi connectivity index (χ2v) is 6.53. The summed E-state index contributed by atoms with van der Waals surface area (Å²) in [6, 6.07) is 7.59. The van der Waals surface area contributed by atoms with Gasteiger partial charge in [0.25, 0.3) is 0 Å². The van der Waals surface area contributed by atoms with Crippen LogP contribution >= 0.6 is 11.6 Å². The molecule has 0 radical (unpaired) electrons. The number of nitrogens with one attached hydrogen (secondary N) is 1. The lowest BCUT2D eigenvalue weighted by molar-refractivity contribution is -0.135. The molecule has 2 rings (SSSR count). The molecule has 1 fully saturated rings. The van der Waals surface area contributed by atoms with Crippen molar-refractivity contribution < 1.29 is 4.79 Å². The van der Waals surface area contributed by atoms with Gasteiger partial charge in [-0.15, -0.1) is 0 Å². The van der Waals surface area contributed by atoms with Gasteiger partial charge in [-0.05, 0) is 57.5 Å². The molecule has 1 amide bonds. The molecule has 1 aromatic carbocycles. The maximum absolute atomic E-state index is 12.8. The van der Waals surface area contributed by atoms with Crippen molar-refractivity contribution in [3.63, 3.8) is 0 Å². The van der Waals surface area contributed by atoms with Crippen LogP contribution in [0.5, 0.6) is 0 Å². The predicted molar refractivity (Wildman–Crippen MR) is 83.1 cm³/mol. The van der Waals surface area contributed by atoms with E-state index in [1.54, 1.807) is 0 Å². The first-order valence-corrected chi connectivity index (χ1v) is 7.53. The Morgan fingerprint density at radius 3 is 2.65 bits per heavy atom. The summed E-state index contributed by atoms with van der Waals surface area (Å²) in [5.41, 5.74) is 0.517. The van der Waals surface area contributed by atoms with E-state index >= 15 is 0 Å². The van der Waals surface area contributed by atoms with E-state index in [0.29, 0.717) is 10.9 Å². The molecule has 1 N–H and O–H groups in total. The van der Waals surface area contributed by atoms with Gasteiger partial charge in [-0.25, -0.2) is 0 Å². The molecule has 1 saturated heterocycles. The summed E-state index contributed by atoms with van der Waals surface area (Å²) in [5, 5.41) is 3.89. The fourth-order valence-electron chi connectivity index (χ4n) is 2.86. The van der Waals surface area contributed by atoms with Crippen LogP contribution in [0.25, 0.3) is 0 Å². The zero-order valence-corrected chi connectivity index (χ0v) is 13.2. The van der Waals surface area contributed by atoms with E-state index in [-0.39, 0.29) is 5.91 Å². The summed E-state index contributed by atoms with van der Waals surface area (Å²) in [5.74, 6) is 0.781. The van der Waals surface area contributed by atoms with Crippen LogP contribution in [0.2, 0.25) is 5.02 Å². The highest BCUT2D eigenvalue weighted by Crippen LogP contribution is 2.29. The molecule has 0 bridgehead atoms. The Bertz CT molecular complexity index is 470. The third-order valence-electron chi connectivity index (χ3n) is 4.17. The topological polar surface area (TPSA) is 32.3 Å². The Hall–Kier alpha value is -1.06. The quantitative estimate of drug-likeness (QED) is 0.926. The molecule has 0 spiro atoms. The SMILES string of the molecule is CNCC1CCN(C(=O)C(C)(C)c2ccc(Cl)cc2)C1. The summed E-state index contributed by atoms with van der Waals surface area (Å²) in [6.07, 6.45) is 1.09. The van der Waals surface area contributed by atoms with Crippen molar-refractivity contribution in [2.75, 3.05) is 26.7 Å². The number of amides is 1. The van der Waals surface area contributed by atoms with Gasteiger partial charge in [0.1, 0.15) is 0 Å². The van der Waals surface area contributed by atoms with Crippen molar-refractivity contribution in [2.45, 2.75) is 25.7 Å². The van der Waals surface area contributed by atoms with E-state index in [1.165, 1.54) is 0 Å². The number of likely N-dealkylation sites (tertiary alicyclic amines) is 1. The molecule has 4 heteroatoms. The molecule has 0 saturated carbocycles. The summed E-state index contributed by atoms with van der Waals surface area (Å²) in [4.78, 5) is 14.8. The molecule has 1 aromatic rings. The molecule has 1 aliphatic rings. The second kappa shape index (κ2) is 6.15. The summed E-state index contributed by atoms with van der Waals surface area (Å²) in [7, 11) is 1.96. The van der Waals surface area contributed by atoms with Crippen LogP contribution in [0.3, 0.4) is 0 Å². The highest BCUT2D eigenvalue weighted by molar-refractivity contribution is 6.30. The third-order valence-corrected chi connectivity index (χ3v) is 4.42. The maximum Gasteiger partial charge on any atom is 0.232 e. The van der Waals surface area contributed by atoms with E-state index in [0.717, 1.165) is 31.6 Å². The van der Waals surface area contributed by atoms with Crippen LogP contribution in [0.1, 0.15) is 25.8 Å². The minimum atomic E-state index is -0.501. The van der Waals surface area contributed by atoms with Crippen molar-refractivity contribution in [3.05, 3.63) is 34.9 Å². The Kier molecular flexibility index (Phi) is 4.71. The van der Waals surface area contributed by atoms with Gasteiger partial charge in [0.15, 0.2) is 0 Å². The number of rotatable bonds is 4. The van der Waals surface area contributed by atoms with Crippen molar-refractivity contribution in [3.8, 4) is 0 Å². The van der Waals surface area contributed by atoms with Gasteiger partial charge in [0.2, 0.25) is 5.91 Å². The zero-order chi connectivity index (χ0) is 14.8. The van der Waals surface area contributed by atoms with Crippen molar-refractivity contribution in [2.24, 2.45) is 5.92 Å². The van der Waals surface area contributed by atoms with E-state index in [9.17, 15) is 4.79 Å². The predicted octanol–water partition coefficient (Wildman–Crippen LogP) is 2.69. The minimum Gasteiger partial charge on any atom is -0.342 e. The molecule has 1 heterocycles. The van der Waals surface area contributed by atoms with Gasteiger partial charge < -0.3 is 10.2 Å². The zero-order valence-electron chi connectivity index (χ0n) is 12.4. The largest absolute Gasteiger partial charge is 0.342 e. The van der Waals surface area contributed by atoms with Crippen LogP contribution in [-0.4, -0.2) is 37.5 Å². The van der Waals surface area contributed by atoms with Gasteiger partial charge in [0, 0.05) is 18.1 Å². The lowest BCUT2D eigenvalue weighted by Gasteiger charge is -2.30. The molecule has 1 atom stereocenters. The van der Waals surface area contributed by atoms with Gasteiger partial charge in [-0.1, -0.05) is 23.7 Å². The minimum absolute atomic E-state index is 0.207. The first kappa shape index (κ1) is 15.3. The van der Waals surface area contributed by atoms with E-state index in [2.05, 4.69) is 5.32 Å². The number of halogens is 1.